The topological polar surface area (TPSA) is 8.17 Å². The Morgan fingerprint density at radius 3 is 1.04 bits per heavy atom. The number of fused-ring (bicyclic) bond motifs is 3. The number of hydrogen-bond donors (Lipinski definition) is 0. The summed E-state index contributed by atoms with van der Waals surface area (Å²) < 4.78 is 2.41. The van der Waals surface area contributed by atoms with E-state index in [1.165, 1.54) is 60.8 Å². The van der Waals surface area contributed by atoms with Gasteiger partial charge in [-0.1, -0.05) is 164 Å². The van der Waals surface area contributed by atoms with Crippen LogP contribution in [0.15, 0.2) is 231 Å². The molecule has 0 bridgehead atoms. The standard InChI is InChI=1S/C54H38N2/c1-4-14-39(15-5-1)41-24-26-42(27-25-41)43-28-32-48(33-29-43)55(47-18-8-3-9-19-47)49-34-30-44(31-35-49)46-36-45(40-16-6-2-7-17-40)37-50(38-46)56-53-22-12-10-20-51(53)52-21-11-13-23-54(52)56/h1-38H. The Hall–Kier alpha value is -7.42. The Morgan fingerprint density at radius 2 is 0.571 bits per heavy atom. The summed E-state index contributed by atoms with van der Waals surface area (Å²) in [5, 5.41) is 2.52. The molecule has 0 aliphatic rings. The molecular formula is C54H38N2. The van der Waals surface area contributed by atoms with E-state index in [0.29, 0.717) is 0 Å². The molecule has 0 saturated carbocycles. The van der Waals surface area contributed by atoms with Gasteiger partial charge in [0.2, 0.25) is 0 Å². The van der Waals surface area contributed by atoms with Gasteiger partial charge in [-0.15, -0.1) is 0 Å². The lowest BCUT2D eigenvalue weighted by atomic mass is 9.97. The van der Waals surface area contributed by atoms with Crippen LogP contribution in [0.4, 0.5) is 17.1 Å². The number of anilines is 3. The van der Waals surface area contributed by atoms with E-state index in [-0.39, 0.29) is 0 Å². The van der Waals surface area contributed by atoms with E-state index in [2.05, 4.69) is 240 Å². The van der Waals surface area contributed by atoms with Gasteiger partial charge in [-0.2, -0.15) is 0 Å². The highest BCUT2D eigenvalue weighted by molar-refractivity contribution is 6.09. The summed E-state index contributed by atoms with van der Waals surface area (Å²) in [5.74, 6) is 0. The fourth-order valence-electron chi connectivity index (χ4n) is 8.02. The molecule has 2 nitrogen and oxygen atoms in total. The third-order valence-corrected chi connectivity index (χ3v) is 10.8. The molecule has 0 unspecified atom stereocenters. The Balaban J connectivity index is 1.03. The quantitative estimate of drug-likeness (QED) is 0.152. The van der Waals surface area contributed by atoms with E-state index in [9.17, 15) is 0 Å². The lowest BCUT2D eigenvalue weighted by molar-refractivity contribution is 1.18. The van der Waals surface area contributed by atoms with Crippen LogP contribution < -0.4 is 4.90 Å². The molecule has 264 valence electrons. The number of aromatic nitrogens is 1. The van der Waals surface area contributed by atoms with Crippen LogP contribution in [-0.2, 0) is 0 Å². The minimum Gasteiger partial charge on any atom is -0.311 e. The maximum atomic E-state index is 2.41. The molecule has 10 rings (SSSR count). The third-order valence-electron chi connectivity index (χ3n) is 10.8. The van der Waals surface area contributed by atoms with Gasteiger partial charge in [0, 0.05) is 33.5 Å². The predicted molar refractivity (Wildman–Crippen MR) is 237 cm³/mol. The predicted octanol–water partition coefficient (Wildman–Crippen LogP) is 14.9. The molecule has 0 N–H and O–H groups in total. The fraction of sp³-hybridized carbons (Fsp3) is 0. The first kappa shape index (κ1) is 33.2. The maximum Gasteiger partial charge on any atom is 0.0541 e. The van der Waals surface area contributed by atoms with Gasteiger partial charge in [0.15, 0.2) is 0 Å². The molecule has 0 fully saturated rings. The van der Waals surface area contributed by atoms with Crippen molar-refractivity contribution < 1.29 is 0 Å². The van der Waals surface area contributed by atoms with Crippen LogP contribution >= 0.6 is 0 Å². The third kappa shape index (κ3) is 6.24. The van der Waals surface area contributed by atoms with Gasteiger partial charge in [0.05, 0.1) is 11.0 Å². The molecule has 0 atom stereocenters. The second-order valence-electron chi connectivity index (χ2n) is 14.2. The SMILES string of the molecule is c1ccc(-c2ccc(-c3ccc(N(c4ccccc4)c4ccc(-c5cc(-c6ccccc6)cc(-n6c7ccccc7c7ccccc76)c5)cc4)cc3)cc2)cc1. The van der Waals surface area contributed by atoms with Crippen molar-refractivity contribution in [2.45, 2.75) is 0 Å². The Labute approximate surface area is 327 Å². The summed E-state index contributed by atoms with van der Waals surface area (Å²) >= 11 is 0. The van der Waals surface area contributed by atoms with Crippen LogP contribution in [0.5, 0.6) is 0 Å². The summed E-state index contributed by atoms with van der Waals surface area (Å²) in [4.78, 5) is 2.33. The lowest BCUT2D eigenvalue weighted by Gasteiger charge is -2.26. The summed E-state index contributed by atoms with van der Waals surface area (Å²) in [6.07, 6.45) is 0. The lowest BCUT2D eigenvalue weighted by Crippen LogP contribution is -2.09. The summed E-state index contributed by atoms with van der Waals surface area (Å²) in [6, 6.07) is 83.0. The van der Waals surface area contributed by atoms with Crippen molar-refractivity contribution in [2.75, 3.05) is 4.90 Å². The van der Waals surface area contributed by atoms with Crippen molar-refractivity contribution in [3.05, 3.63) is 231 Å². The number of rotatable bonds is 8. The molecule has 0 aliphatic carbocycles. The second-order valence-corrected chi connectivity index (χ2v) is 14.2. The van der Waals surface area contributed by atoms with Crippen LogP contribution in [0.3, 0.4) is 0 Å². The Kier molecular flexibility index (Phi) is 8.55. The van der Waals surface area contributed by atoms with Crippen molar-refractivity contribution in [3.8, 4) is 50.2 Å². The fourth-order valence-corrected chi connectivity index (χ4v) is 8.02. The molecule has 0 spiro atoms. The average molecular weight is 715 g/mol. The maximum absolute atomic E-state index is 2.41. The highest BCUT2D eigenvalue weighted by Gasteiger charge is 2.16. The summed E-state index contributed by atoms with van der Waals surface area (Å²) in [6.45, 7) is 0. The van der Waals surface area contributed by atoms with Crippen LogP contribution in [0.1, 0.15) is 0 Å². The number of hydrogen-bond acceptors (Lipinski definition) is 1. The van der Waals surface area contributed by atoms with E-state index in [4.69, 9.17) is 0 Å². The molecular weight excluding hydrogens is 677 g/mol. The molecule has 56 heavy (non-hydrogen) atoms. The van der Waals surface area contributed by atoms with Gasteiger partial charge >= 0.3 is 0 Å². The Bertz CT molecular complexity index is 2860. The smallest absolute Gasteiger partial charge is 0.0541 e. The van der Waals surface area contributed by atoms with Crippen molar-refractivity contribution in [2.24, 2.45) is 0 Å². The number of benzene rings is 9. The van der Waals surface area contributed by atoms with Crippen molar-refractivity contribution in [1.29, 1.82) is 0 Å². The van der Waals surface area contributed by atoms with Gasteiger partial charge in [-0.3, -0.25) is 0 Å². The number of para-hydroxylation sites is 3. The molecule has 0 radical (unpaired) electrons. The number of nitrogens with zero attached hydrogens (tertiary/aromatic N) is 2. The largest absolute Gasteiger partial charge is 0.311 e. The molecule has 1 heterocycles. The second kappa shape index (κ2) is 14.4. The molecule has 0 amide bonds. The van der Waals surface area contributed by atoms with Crippen LogP contribution in [0.2, 0.25) is 0 Å². The zero-order valence-electron chi connectivity index (χ0n) is 30.8. The molecule has 0 aliphatic heterocycles. The van der Waals surface area contributed by atoms with E-state index in [1.54, 1.807) is 0 Å². The zero-order chi connectivity index (χ0) is 37.3. The van der Waals surface area contributed by atoms with E-state index in [1.807, 2.05) is 0 Å². The first-order valence-corrected chi connectivity index (χ1v) is 19.2. The monoisotopic (exact) mass is 714 g/mol. The first-order chi connectivity index (χ1) is 27.8. The average Bonchev–Trinajstić information content (AvgIpc) is 3.62. The van der Waals surface area contributed by atoms with Gasteiger partial charge in [0.1, 0.15) is 0 Å². The first-order valence-electron chi connectivity index (χ1n) is 19.2. The van der Waals surface area contributed by atoms with Crippen LogP contribution in [0, 0.1) is 0 Å². The van der Waals surface area contributed by atoms with Crippen molar-refractivity contribution >= 4 is 38.9 Å². The normalized spacial score (nSPS) is 11.2. The summed E-state index contributed by atoms with van der Waals surface area (Å²) in [5.41, 5.74) is 16.4. The van der Waals surface area contributed by atoms with Crippen LogP contribution in [-0.4, -0.2) is 4.57 Å². The van der Waals surface area contributed by atoms with Crippen LogP contribution in [0.25, 0.3) is 72.0 Å². The van der Waals surface area contributed by atoms with E-state index >= 15 is 0 Å². The van der Waals surface area contributed by atoms with E-state index < -0.39 is 0 Å². The zero-order valence-corrected chi connectivity index (χ0v) is 30.8. The van der Waals surface area contributed by atoms with Gasteiger partial charge in [-0.05, 0) is 111 Å². The Morgan fingerprint density at radius 1 is 0.250 bits per heavy atom. The van der Waals surface area contributed by atoms with Gasteiger partial charge in [0.25, 0.3) is 0 Å². The summed E-state index contributed by atoms with van der Waals surface area (Å²) in [7, 11) is 0. The van der Waals surface area contributed by atoms with Gasteiger partial charge in [-0.25, -0.2) is 0 Å². The highest BCUT2D eigenvalue weighted by atomic mass is 15.1. The molecule has 10 aromatic rings. The van der Waals surface area contributed by atoms with E-state index in [0.717, 1.165) is 28.3 Å². The molecule has 2 heteroatoms. The van der Waals surface area contributed by atoms with Crippen molar-refractivity contribution in [3.63, 3.8) is 0 Å². The minimum atomic E-state index is 1.10. The molecule has 1 aromatic heterocycles. The minimum absolute atomic E-state index is 1.10. The van der Waals surface area contributed by atoms with Crippen molar-refractivity contribution in [1.82, 2.24) is 4.57 Å². The molecule has 0 saturated heterocycles. The highest BCUT2D eigenvalue weighted by Crippen LogP contribution is 2.39. The van der Waals surface area contributed by atoms with Gasteiger partial charge < -0.3 is 9.47 Å². The molecule has 9 aromatic carbocycles.